The average molecular weight is 301 g/mol. The Hall–Kier alpha value is -2.24. The number of pyridine rings is 1. The molecule has 2 rings (SSSR count). The Balaban J connectivity index is 2.08. The molecule has 1 heterocycles. The number of aromatic nitrogens is 1. The number of nitrogens with one attached hydrogen (secondary N) is 1. The first-order valence-electron chi connectivity index (χ1n) is 7.23. The van der Waals surface area contributed by atoms with E-state index in [1.807, 2.05) is 0 Å². The number of amides is 1. The summed E-state index contributed by atoms with van der Waals surface area (Å²) in [5.74, 6) is 5.85. The number of hydrazone groups is 1. The molecule has 0 spiro atoms. The maximum absolute atomic E-state index is 12.4. The lowest BCUT2D eigenvalue weighted by Gasteiger charge is -2.06. The SMILES string of the molecule is CN=C/C(=N\N)c1ccc(NC(=O)C2C(C)(C)C2(C)C)nc1. The van der Waals surface area contributed by atoms with E-state index in [-0.39, 0.29) is 22.7 Å². The van der Waals surface area contributed by atoms with E-state index in [1.54, 1.807) is 31.6 Å². The molecule has 3 N–H and O–H groups in total. The topological polar surface area (TPSA) is 92.7 Å². The van der Waals surface area contributed by atoms with Gasteiger partial charge in [0.15, 0.2) is 0 Å². The van der Waals surface area contributed by atoms with Crippen molar-refractivity contribution in [2.75, 3.05) is 12.4 Å². The number of carbonyl (C=O) groups is 1. The summed E-state index contributed by atoms with van der Waals surface area (Å²) in [4.78, 5) is 20.5. The van der Waals surface area contributed by atoms with Gasteiger partial charge in [-0.3, -0.25) is 9.79 Å². The van der Waals surface area contributed by atoms with Gasteiger partial charge in [-0.2, -0.15) is 5.10 Å². The van der Waals surface area contributed by atoms with Crippen LogP contribution in [0.2, 0.25) is 0 Å². The lowest BCUT2D eigenvalue weighted by molar-refractivity contribution is -0.118. The summed E-state index contributed by atoms with van der Waals surface area (Å²) in [5.41, 5.74) is 1.30. The summed E-state index contributed by atoms with van der Waals surface area (Å²) >= 11 is 0. The van der Waals surface area contributed by atoms with Gasteiger partial charge in [-0.15, -0.1) is 0 Å². The maximum Gasteiger partial charge on any atom is 0.229 e. The quantitative estimate of drug-likeness (QED) is 0.506. The number of nitrogens with two attached hydrogens (primary N) is 1. The minimum atomic E-state index is -0.00475. The van der Waals surface area contributed by atoms with Gasteiger partial charge in [0.25, 0.3) is 0 Å². The molecule has 0 aromatic carbocycles. The van der Waals surface area contributed by atoms with Crippen molar-refractivity contribution >= 4 is 23.7 Å². The van der Waals surface area contributed by atoms with Gasteiger partial charge in [0.05, 0.1) is 0 Å². The van der Waals surface area contributed by atoms with Gasteiger partial charge in [0.2, 0.25) is 5.91 Å². The van der Waals surface area contributed by atoms with Crippen LogP contribution >= 0.6 is 0 Å². The van der Waals surface area contributed by atoms with Crippen molar-refractivity contribution in [3.8, 4) is 0 Å². The van der Waals surface area contributed by atoms with Gasteiger partial charge in [-0.1, -0.05) is 27.7 Å². The van der Waals surface area contributed by atoms with Crippen LogP contribution in [0.4, 0.5) is 5.82 Å². The molecule has 1 amide bonds. The normalized spacial score (nSPS) is 20.1. The molecule has 0 unspecified atom stereocenters. The Morgan fingerprint density at radius 2 is 1.95 bits per heavy atom. The van der Waals surface area contributed by atoms with E-state index in [2.05, 4.69) is 48.1 Å². The third-order valence-electron chi connectivity index (χ3n) is 4.98. The van der Waals surface area contributed by atoms with Gasteiger partial charge >= 0.3 is 0 Å². The first-order chi connectivity index (χ1) is 10.3. The van der Waals surface area contributed by atoms with Crippen molar-refractivity contribution in [3.05, 3.63) is 23.9 Å². The number of anilines is 1. The van der Waals surface area contributed by atoms with Crippen molar-refractivity contribution in [3.63, 3.8) is 0 Å². The van der Waals surface area contributed by atoms with Crippen molar-refractivity contribution in [1.29, 1.82) is 0 Å². The molecule has 0 aliphatic heterocycles. The van der Waals surface area contributed by atoms with E-state index in [0.29, 0.717) is 11.5 Å². The molecule has 1 saturated carbocycles. The molecule has 0 bridgehead atoms. The molecular formula is C16H23N5O. The van der Waals surface area contributed by atoms with E-state index >= 15 is 0 Å². The van der Waals surface area contributed by atoms with Crippen LogP contribution < -0.4 is 11.2 Å². The number of nitrogens with zero attached hydrogens (tertiary/aromatic N) is 3. The fourth-order valence-electron chi connectivity index (χ4n) is 2.97. The number of aliphatic imine (C=N–C) groups is 1. The number of hydrogen-bond donors (Lipinski definition) is 2. The third kappa shape index (κ3) is 2.61. The van der Waals surface area contributed by atoms with E-state index in [9.17, 15) is 4.79 Å². The summed E-state index contributed by atoms with van der Waals surface area (Å²) in [6, 6.07) is 3.55. The van der Waals surface area contributed by atoms with Gasteiger partial charge in [0.1, 0.15) is 11.5 Å². The highest BCUT2D eigenvalue weighted by Crippen LogP contribution is 2.68. The van der Waals surface area contributed by atoms with Crippen molar-refractivity contribution in [2.45, 2.75) is 27.7 Å². The zero-order chi connectivity index (χ0) is 16.5. The predicted octanol–water partition coefficient (Wildman–Crippen LogP) is 2.07. The Labute approximate surface area is 130 Å². The third-order valence-corrected chi connectivity index (χ3v) is 4.98. The monoisotopic (exact) mass is 301 g/mol. The molecule has 6 heteroatoms. The Morgan fingerprint density at radius 1 is 1.32 bits per heavy atom. The van der Waals surface area contributed by atoms with E-state index in [1.165, 1.54) is 0 Å². The van der Waals surface area contributed by atoms with E-state index in [4.69, 9.17) is 5.84 Å². The molecular weight excluding hydrogens is 278 g/mol. The summed E-state index contributed by atoms with van der Waals surface area (Å²) in [5, 5.41) is 6.53. The van der Waals surface area contributed by atoms with Crippen LogP contribution in [0.3, 0.4) is 0 Å². The van der Waals surface area contributed by atoms with Gasteiger partial charge < -0.3 is 11.2 Å². The first kappa shape index (κ1) is 16.1. The minimum absolute atomic E-state index is 0.00475. The largest absolute Gasteiger partial charge is 0.323 e. The van der Waals surface area contributed by atoms with Crippen LogP contribution in [0, 0.1) is 16.7 Å². The Morgan fingerprint density at radius 3 is 2.36 bits per heavy atom. The predicted molar refractivity (Wildman–Crippen MR) is 89.1 cm³/mol. The molecule has 1 aromatic rings. The van der Waals surface area contributed by atoms with Crippen LogP contribution in [-0.4, -0.2) is 29.9 Å². The summed E-state index contributed by atoms with van der Waals surface area (Å²) in [7, 11) is 1.65. The molecule has 22 heavy (non-hydrogen) atoms. The van der Waals surface area contributed by atoms with Crippen molar-refractivity contribution in [1.82, 2.24) is 4.98 Å². The fourth-order valence-corrected chi connectivity index (χ4v) is 2.97. The van der Waals surface area contributed by atoms with Crippen LogP contribution in [0.15, 0.2) is 28.4 Å². The molecule has 1 fully saturated rings. The molecule has 6 nitrogen and oxygen atoms in total. The van der Waals surface area contributed by atoms with Gasteiger partial charge in [0, 0.05) is 30.9 Å². The van der Waals surface area contributed by atoms with Crippen molar-refractivity contribution < 1.29 is 4.79 Å². The summed E-state index contributed by atoms with van der Waals surface area (Å²) in [6.45, 7) is 8.45. The van der Waals surface area contributed by atoms with E-state index in [0.717, 1.165) is 5.56 Å². The van der Waals surface area contributed by atoms with Crippen LogP contribution in [-0.2, 0) is 4.79 Å². The smallest absolute Gasteiger partial charge is 0.229 e. The molecule has 1 aliphatic carbocycles. The lowest BCUT2D eigenvalue weighted by atomic mass is 10.0. The second kappa shape index (κ2) is 5.51. The highest BCUT2D eigenvalue weighted by molar-refractivity contribution is 6.38. The number of rotatable bonds is 4. The zero-order valence-electron chi connectivity index (χ0n) is 13.7. The first-order valence-corrected chi connectivity index (χ1v) is 7.23. The highest BCUT2D eigenvalue weighted by atomic mass is 16.2. The van der Waals surface area contributed by atoms with Crippen LogP contribution in [0.1, 0.15) is 33.3 Å². The molecule has 1 aliphatic rings. The van der Waals surface area contributed by atoms with Gasteiger partial charge in [-0.05, 0) is 23.0 Å². The van der Waals surface area contributed by atoms with Gasteiger partial charge in [-0.25, -0.2) is 4.98 Å². The summed E-state index contributed by atoms with van der Waals surface area (Å²) < 4.78 is 0. The minimum Gasteiger partial charge on any atom is -0.323 e. The number of carbonyl (C=O) groups excluding carboxylic acids is 1. The van der Waals surface area contributed by atoms with Crippen molar-refractivity contribution in [2.24, 2.45) is 32.7 Å². The second-order valence-corrected chi connectivity index (χ2v) is 6.70. The average Bonchev–Trinajstić information content (AvgIpc) is 2.87. The highest BCUT2D eigenvalue weighted by Gasteiger charge is 2.68. The Kier molecular flexibility index (Phi) is 4.04. The standard InChI is InChI=1S/C16H23N5O/c1-15(2)13(16(15,3)4)14(22)20-12-7-6-10(8-19-12)11(21-17)9-18-5/h6-9,13H,17H2,1-5H3,(H,19,20,22)/b18-9?,21-11+. The number of hydrogen-bond acceptors (Lipinski definition) is 5. The molecule has 118 valence electrons. The fraction of sp³-hybridized carbons (Fsp3) is 0.500. The zero-order valence-corrected chi connectivity index (χ0v) is 13.7. The van der Waals surface area contributed by atoms with E-state index < -0.39 is 0 Å². The molecule has 1 aromatic heterocycles. The van der Waals surface area contributed by atoms with Crippen LogP contribution in [0.5, 0.6) is 0 Å². The lowest BCUT2D eigenvalue weighted by Crippen LogP contribution is -2.18. The maximum atomic E-state index is 12.4. The second-order valence-electron chi connectivity index (χ2n) is 6.70. The molecule has 0 atom stereocenters. The Bertz CT molecular complexity index is 614. The summed E-state index contributed by atoms with van der Waals surface area (Å²) in [6.07, 6.45) is 3.18. The molecule has 0 radical (unpaired) electrons. The van der Waals surface area contributed by atoms with Crippen LogP contribution in [0.25, 0.3) is 0 Å². The molecule has 0 saturated heterocycles.